The Morgan fingerprint density at radius 2 is 1.36 bits per heavy atom. The topological polar surface area (TPSA) is 55.8 Å². The number of carbonyl (C=O) groups is 1. The Morgan fingerprint density at radius 3 is 1.96 bits per heavy atom. The van der Waals surface area contributed by atoms with Crippen molar-refractivity contribution < 1.29 is 19.4 Å². The summed E-state index contributed by atoms with van der Waals surface area (Å²) < 4.78 is 10.6. The number of benzene rings is 3. The molecule has 4 nitrogen and oxygen atoms in total. The van der Waals surface area contributed by atoms with Crippen LogP contribution in [0.3, 0.4) is 0 Å². The van der Waals surface area contributed by atoms with E-state index < -0.39 is 5.97 Å². The van der Waals surface area contributed by atoms with Gasteiger partial charge in [-0.2, -0.15) is 0 Å². The fourth-order valence-corrected chi connectivity index (χ4v) is 2.80. The van der Waals surface area contributed by atoms with Crippen LogP contribution in [-0.2, 0) is 0 Å². The SMILES string of the molecule is COc1ccc(C(=O)O)c(-c2ccc(OC)cc2-c2ccccc2)c1. The van der Waals surface area contributed by atoms with Gasteiger partial charge in [-0.1, -0.05) is 36.4 Å². The second-order valence-electron chi connectivity index (χ2n) is 5.49. The van der Waals surface area contributed by atoms with Crippen LogP contribution < -0.4 is 9.47 Å². The average molecular weight is 334 g/mol. The van der Waals surface area contributed by atoms with Gasteiger partial charge in [0.1, 0.15) is 11.5 Å². The molecule has 25 heavy (non-hydrogen) atoms. The minimum absolute atomic E-state index is 0.225. The molecule has 0 unspecified atom stereocenters. The van der Waals surface area contributed by atoms with E-state index in [-0.39, 0.29) is 5.56 Å². The highest BCUT2D eigenvalue weighted by Gasteiger charge is 2.17. The van der Waals surface area contributed by atoms with Crippen LogP contribution in [0, 0.1) is 0 Å². The first kappa shape index (κ1) is 16.6. The van der Waals surface area contributed by atoms with Crippen molar-refractivity contribution in [1.82, 2.24) is 0 Å². The molecule has 0 aliphatic rings. The summed E-state index contributed by atoms with van der Waals surface area (Å²) in [5.74, 6) is 0.338. The predicted molar refractivity (Wildman–Crippen MR) is 97.4 cm³/mol. The van der Waals surface area contributed by atoms with E-state index in [4.69, 9.17) is 9.47 Å². The van der Waals surface area contributed by atoms with Crippen LogP contribution in [0.4, 0.5) is 0 Å². The Morgan fingerprint density at radius 1 is 0.760 bits per heavy atom. The first-order chi connectivity index (χ1) is 12.1. The van der Waals surface area contributed by atoms with Crippen LogP contribution >= 0.6 is 0 Å². The van der Waals surface area contributed by atoms with Crippen molar-refractivity contribution in [2.24, 2.45) is 0 Å². The number of hydrogen-bond donors (Lipinski definition) is 1. The van der Waals surface area contributed by atoms with Crippen molar-refractivity contribution in [3.63, 3.8) is 0 Å². The van der Waals surface area contributed by atoms with Crippen molar-refractivity contribution in [3.8, 4) is 33.8 Å². The Labute approximate surface area is 146 Å². The van der Waals surface area contributed by atoms with Gasteiger partial charge in [0.05, 0.1) is 19.8 Å². The Bertz CT molecular complexity index is 901. The molecular formula is C21H18O4. The molecule has 0 atom stereocenters. The fourth-order valence-electron chi connectivity index (χ4n) is 2.80. The lowest BCUT2D eigenvalue weighted by Crippen LogP contribution is -2.01. The van der Waals surface area contributed by atoms with Gasteiger partial charge in [-0.15, -0.1) is 0 Å². The molecule has 1 N–H and O–H groups in total. The lowest BCUT2D eigenvalue weighted by Gasteiger charge is -2.15. The third kappa shape index (κ3) is 3.33. The van der Waals surface area contributed by atoms with E-state index in [1.165, 1.54) is 0 Å². The molecule has 0 amide bonds. The molecule has 3 aromatic carbocycles. The summed E-state index contributed by atoms with van der Waals surface area (Å²) in [6, 6.07) is 20.4. The highest BCUT2D eigenvalue weighted by Crippen LogP contribution is 2.38. The zero-order chi connectivity index (χ0) is 17.8. The van der Waals surface area contributed by atoms with Crippen molar-refractivity contribution in [3.05, 3.63) is 72.3 Å². The van der Waals surface area contributed by atoms with Crippen LogP contribution in [-0.4, -0.2) is 25.3 Å². The molecule has 3 aromatic rings. The van der Waals surface area contributed by atoms with E-state index in [0.29, 0.717) is 17.1 Å². The largest absolute Gasteiger partial charge is 0.497 e. The summed E-state index contributed by atoms with van der Waals surface area (Å²) in [7, 11) is 3.17. The smallest absolute Gasteiger partial charge is 0.336 e. The number of carboxylic acids is 1. The minimum atomic E-state index is -0.979. The van der Waals surface area contributed by atoms with Crippen LogP contribution in [0.5, 0.6) is 11.5 Å². The van der Waals surface area contributed by atoms with Gasteiger partial charge in [0, 0.05) is 5.56 Å². The van der Waals surface area contributed by atoms with E-state index in [2.05, 4.69) is 0 Å². The molecule has 126 valence electrons. The fraction of sp³-hybridized carbons (Fsp3) is 0.0952. The van der Waals surface area contributed by atoms with Gasteiger partial charge < -0.3 is 14.6 Å². The Hall–Kier alpha value is -3.27. The lowest BCUT2D eigenvalue weighted by molar-refractivity contribution is 0.0697. The lowest BCUT2D eigenvalue weighted by atomic mass is 9.91. The standard InChI is InChI=1S/C21H18O4/c1-24-15-8-10-17(19(12-15)14-6-4-3-5-7-14)20-13-16(25-2)9-11-18(20)21(22)23/h3-13H,1-2H3,(H,22,23). The molecule has 0 saturated carbocycles. The third-order valence-electron chi connectivity index (χ3n) is 4.06. The van der Waals surface area contributed by atoms with Crippen molar-refractivity contribution in [1.29, 1.82) is 0 Å². The second kappa shape index (κ2) is 7.09. The van der Waals surface area contributed by atoms with Gasteiger partial charge in [-0.25, -0.2) is 4.79 Å². The quantitative estimate of drug-likeness (QED) is 0.732. The van der Waals surface area contributed by atoms with Crippen molar-refractivity contribution >= 4 is 5.97 Å². The maximum absolute atomic E-state index is 11.7. The number of carboxylic acid groups (broad SMARTS) is 1. The van der Waals surface area contributed by atoms with Gasteiger partial charge >= 0.3 is 5.97 Å². The van der Waals surface area contributed by atoms with E-state index in [1.807, 2.05) is 48.5 Å². The first-order valence-electron chi connectivity index (χ1n) is 7.79. The second-order valence-corrected chi connectivity index (χ2v) is 5.49. The number of hydrogen-bond acceptors (Lipinski definition) is 3. The van der Waals surface area contributed by atoms with Gasteiger partial charge in [-0.3, -0.25) is 0 Å². The monoisotopic (exact) mass is 334 g/mol. The number of aromatic carboxylic acids is 1. The summed E-state index contributed by atoms with van der Waals surface area (Å²) in [5, 5.41) is 9.59. The van der Waals surface area contributed by atoms with Gasteiger partial charge in [0.2, 0.25) is 0 Å². The molecule has 0 bridgehead atoms. The molecule has 0 spiro atoms. The predicted octanol–water partition coefficient (Wildman–Crippen LogP) is 4.74. The molecule has 0 fully saturated rings. The maximum Gasteiger partial charge on any atom is 0.336 e. The zero-order valence-corrected chi connectivity index (χ0v) is 14.0. The number of rotatable bonds is 5. The van der Waals surface area contributed by atoms with Crippen molar-refractivity contribution in [2.75, 3.05) is 14.2 Å². The molecule has 3 rings (SSSR count). The number of methoxy groups -OCH3 is 2. The molecule has 0 aliphatic carbocycles. The summed E-state index contributed by atoms with van der Waals surface area (Å²) in [4.78, 5) is 11.7. The first-order valence-corrected chi connectivity index (χ1v) is 7.79. The number of ether oxygens (including phenoxy) is 2. The molecule has 4 heteroatoms. The summed E-state index contributed by atoms with van der Waals surface area (Å²) >= 11 is 0. The van der Waals surface area contributed by atoms with E-state index >= 15 is 0 Å². The van der Waals surface area contributed by atoms with Gasteiger partial charge in [-0.05, 0) is 47.0 Å². The van der Waals surface area contributed by atoms with E-state index in [9.17, 15) is 9.90 Å². The molecule has 0 radical (unpaired) electrons. The molecular weight excluding hydrogens is 316 g/mol. The minimum Gasteiger partial charge on any atom is -0.497 e. The molecule has 0 aliphatic heterocycles. The van der Waals surface area contributed by atoms with Gasteiger partial charge in [0.25, 0.3) is 0 Å². The van der Waals surface area contributed by atoms with Crippen LogP contribution in [0.15, 0.2) is 66.7 Å². The summed E-state index contributed by atoms with van der Waals surface area (Å²) in [5.41, 5.74) is 3.52. The molecule has 0 saturated heterocycles. The molecule has 0 heterocycles. The average Bonchev–Trinajstić information content (AvgIpc) is 2.67. The van der Waals surface area contributed by atoms with Crippen LogP contribution in [0.2, 0.25) is 0 Å². The normalized spacial score (nSPS) is 10.3. The Kier molecular flexibility index (Phi) is 4.70. The third-order valence-corrected chi connectivity index (χ3v) is 4.06. The van der Waals surface area contributed by atoms with E-state index in [1.54, 1.807) is 32.4 Å². The Balaban J connectivity index is 2.29. The highest BCUT2D eigenvalue weighted by atomic mass is 16.5. The summed E-state index contributed by atoms with van der Waals surface area (Å²) in [6.45, 7) is 0. The van der Waals surface area contributed by atoms with Gasteiger partial charge in [0.15, 0.2) is 0 Å². The highest BCUT2D eigenvalue weighted by molar-refractivity contribution is 5.99. The van der Waals surface area contributed by atoms with Crippen LogP contribution in [0.25, 0.3) is 22.3 Å². The van der Waals surface area contributed by atoms with Crippen LogP contribution in [0.1, 0.15) is 10.4 Å². The van der Waals surface area contributed by atoms with Crippen molar-refractivity contribution in [2.45, 2.75) is 0 Å². The van der Waals surface area contributed by atoms with E-state index in [0.717, 1.165) is 16.7 Å². The molecule has 0 aromatic heterocycles. The maximum atomic E-state index is 11.7. The zero-order valence-electron chi connectivity index (χ0n) is 14.0. The summed E-state index contributed by atoms with van der Waals surface area (Å²) in [6.07, 6.45) is 0.